The number of rotatable bonds is 8. The Balaban J connectivity index is 1.57. The van der Waals surface area contributed by atoms with Gasteiger partial charge in [-0.25, -0.2) is 0 Å². The molecule has 1 nitrogen and oxygen atoms in total. The van der Waals surface area contributed by atoms with E-state index in [0.29, 0.717) is 6.04 Å². The molecule has 1 unspecified atom stereocenters. The number of nitrogens with one attached hydrogen (secondary N) is 1. The van der Waals surface area contributed by atoms with Crippen molar-refractivity contribution in [3.05, 3.63) is 29.8 Å². The monoisotopic (exact) mass is 277 g/mol. The third kappa shape index (κ3) is 4.85. The molecule has 0 radical (unpaired) electrons. The fraction of sp³-hybridized carbons (Fsp3) is 0.647. The molecule has 0 aromatic heterocycles. The first-order valence-electron chi connectivity index (χ1n) is 7.72. The van der Waals surface area contributed by atoms with Gasteiger partial charge in [0.25, 0.3) is 0 Å². The molecule has 2 rings (SSSR count). The molecular formula is C17H27NS. The maximum absolute atomic E-state index is 3.72. The predicted molar refractivity (Wildman–Crippen MR) is 85.8 cm³/mol. The molecule has 0 fully saturated rings. The van der Waals surface area contributed by atoms with Gasteiger partial charge in [-0.1, -0.05) is 57.7 Å². The molecule has 1 aliphatic heterocycles. The molecule has 0 saturated heterocycles. The van der Waals surface area contributed by atoms with Crippen molar-refractivity contribution in [2.45, 2.75) is 56.9 Å². The quantitative estimate of drug-likeness (QED) is 0.669. The van der Waals surface area contributed by atoms with Gasteiger partial charge >= 0.3 is 0 Å². The van der Waals surface area contributed by atoms with Crippen LogP contribution >= 0.6 is 11.8 Å². The van der Waals surface area contributed by atoms with Crippen molar-refractivity contribution in [1.29, 1.82) is 0 Å². The van der Waals surface area contributed by atoms with Crippen LogP contribution in [0.1, 0.15) is 57.6 Å². The lowest BCUT2D eigenvalue weighted by atomic mass is 10.0. The summed E-state index contributed by atoms with van der Waals surface area (Å²) in [6.07, 6.45) is 6.89. The van der Waals surface area contributed by atoms with Gasteiger partial charge in [-0.15, -0.1) is 11.8 Å². The molecule has 0 saturated carbocycles. The van der Waals surface area contributed by atoms with E-state index in [9.17, 15) is 0 Å². The Hall–Kier alpha value is -0.470. The van der Waals surface area contributed by atoms with Crippen molar-refractivity contribution in [3.63, 3.8) is 0 Å². The molecule has 2 heteroatoms. The topological polar surface area (TPSA) is 12.0 Å². The van der Waals surface area contributed by atoms with Crippen molar-refractivity contribution in [2.75, 3.05) is 12.3 Å². The number of unbranched alkanes of at least 4 members (excludes halogenated alkanes) is 3. The molecule has 0 amide bonds. The van der Waals surface area contributed by atoms with E-state index in [1.807, 2.05) is 11.8 Å². The van der Waals surface area contributed by atoms with Crippen LogP contribution < -0.4 is 5.32 Å². The number of fused-ring (bicyclic) bond motifs is 1. The Morgan fingerprint density at radius 2 is 1.95 bits per heavy atom. The lowest BCUT2D eigenvalue weighted by molar-refractivity contribution is 0.500. The van der Waals surface area contributed by atoms with E-state index in [2.05, 4.69) is 43.4 Å². The largest absolute Gasteiger partial charge is 0.309 e. The van der Waals surface area contributed by atoms with Crippen LogP contribution in [0.2, 0.25) is 0 Å². The minimum atomic E-state index is 0.580. The maximum Gasteiger partial charge on any atom is 0.0426 e. The highest BCUT2D eigenvalue weighted by Gasteiger charge is 2.21. The first-order valence-corrected chi connectivity index (χ1v) is 8.71. The van der Waals surface area contributed by atoms with E-state index in [4.69, 9.17) is 0 Å². The van der Waals surface area contributed by atoms with E-state index in [-0.39, 0.29) is 0 Å². The Morgan fingerprint density at radius 1 is 1.16 bits per heavy atom. The Bertz CT molecular complexity index is 375. The standard InChI is InChI=1S/C17H27NS/c1-14(2)9-5-3-4-8-12-18-16-13-19-17-11-7-6-10-15(16)17/h6-7,10-11,14,16,18H,3-5,8-9,12-13H2,1-2H3. The number of hydrogen-bond acceptors (Lipinski definition) is 2. The van der Waals surface area contributed by atoms with Gasteiger partial charge in [-0.05, 0) is 30.5 Å². The van der Waals surface area contributed by atoms with Gasteiger partial charge < -0.3 is 5.32 Å². The van der Waals surface area contributed by atoms with E-state index in [1.165, 1.54) is 54.9 Å². The molecule has 0 bridgehead atoms. The average molecular weight is 277 g/mol. The highest BCUT2D eigenvalue weighted by molar-refractivity contribution is 7.99. The third-order valence-electron chi connectivity index (χ3n) is 3.80. The molecule has 106 valence electrons. The lowest BCUT2D eigenvalue weighted by Crippen LogP contribution is -2.22. The van der Waals surface area contributed by atoms with Crippen LogP contribution in [0.3, 0.4) is 0 Å². The smallest absolute Gasteiger partial charge is 0.0426 e. The van der Waals surface area contributed by atoms with Gasteiger partial charge in [0.1, 0.15) is 0 Å². The summed E-state index contributed by atoms with van der Waals surface area (Å²) in [5.41, 5.74) is 1.51. The summed E-state index contributed by atoms with van der Waals surface area (Å²) in [6, 6.07) is 9.40. The van der Waals surface area contributed by atoms with Gasteiger partial charge in [0, 0.05) is 16.7 Å². The highest BCUT2D eigenvalue weighted by atomic mass is 32.2. The molecule has 0 aliphatic carbocycles. The summed E-state index contributed by atoms with van der Waals surface area (Å²) < 4.78 is 0. The normalized spacial score (nSPS) is 17.9. The van der Waals surface area contributed by atoms with Crippen molar-refractivity contribution >= 4 is 11.8 Å². The second kappa shape index (κ2) is 7.96. The molecule has 1 aromatic carbocycles. The molecular weight excluding hydrogens is 250 g/mol. The fourth-order valence-electron chi connectivity index (χ4n) is 2.64. The van der Waals surface area contributed by atoms with Crippen LogP contribution in [-0.4, -0.2) is 12.3 Å². The van der Waals surface area contributed by atoms with Crippen molar-refractivity contribution in [1.82, 2.24) is 5.32 Å². The molecule has 19 heavy (non-hydrogen) atoms. The van der Waals surface area contributed by atoms with E-state index in [0.717, 1.165) is 5.92 Å². The zero-order valence-electron chi connectivity index (χ0n) is 12.3. The summed E-state index contributed by atoms with van der Waals surface area (Å²) in [5.74, 6) is 2.07. The summed E-state index contributed by atoms with van der Waals surface area (Å²) in [5, 5.41) is 3.72. The number of thioether (sulfide) groups is 1. The number of hydrogen-bond donors (Lipinski definition) is 1. The van der Waals surface area contributed by atoms with Gasteiger partial charge in [0.15, 0.2) is 0 Å². The van der Waals surface area contributed by atoms with E-state index < -0.39 is 0 Å². The zero-order chi connectivity index (χ0) is 13.5. The van der Waals surface area contributed by atoms with Gasteiger partial charge in [0.2, 0.25) is 0 Å². The summed E-state index contributed by atoms with van der Waals surface area (Å²) in [7, 11) is 0. The molecule has 1 heterocycles. The Labute approximate surface area is 122 Å². The maximum atomic E-state index is 3.72. The van der Waals surface area contributed by atoms with Crippen molar-refractivity contribution in [2.24, 2.45) is 5.92 Å². The zero-order valence-corrected chi connectivity index (χ0v) is 13.1. The Morgan fingerprint density at radius 3 is 2.79 bits per heavy atom. The van der Waals surface area contributed by atoms with E-state index >= 15 is 0 Å². The molecule has 1 aromatic rings. The molecule has 1 N–H and O–H groups in total. The van der Waals surface area contributed by atoms with Gasteiger partial charge in [0.05, 0.1) is 0 Å². The molecule has 0 spiro atoms. The first kappa shape index (κ1) is 14.9. The highest BCUT2D eigenvalue weighted by Crippen LogP contribution is 2.37. The Kier molecular flexibility index (Phi) is 6.25. The minimum absolute atomic E-state index is 0.580. The SMILES string of the molecule is CC(C)CCCCCCNC1CSc2ccccc21. The van der Waals surface area contributed by atoms with Crippen LogP contribution in [0.25, 0.3) is 0 Å². The van der Waals surface area contributed by atoms with Crippen LogP contribution in [-0.2, 0) is 0 Å². The van der Waals surface area contributed by atoms with Gasteiger partial charge in [-0.3, -0.25) is 0 Å². The molecule has 1 aliphatic rings. The fourth-order valence-corrected chi connectivity index (χ4v) is 3.83. The minimum Gasteiger partial charge on any atom is -0.309 e. The number of benzene rings is 1. The summed E-state index contributed by atoms with van der Waals surface area (Å²) in [6.45, 7) is 5.80. The second-order valence-corrected chi connectivity index (χ2v) is 7.01. The molecule has 1 atom stereocenters. The second-order valence-electron chi connectivity index (χ2n) is 5.95. The summed E-state index contributed by atoms with van der Waals surface area (Å²) in [4.78, 5) is 1.47. The van der Waals surface area contributed by atoms with Crippen molar-refractivity contribution < 1.29 is 0 Å². The van der Waals surface area contributed by atoms with Crippen LogP contribution in [0.4, 0.5) is 0 Å². The van der Waals surface area contributed by atoms with Gasteiger partial charge in [-0.2, -0.15) is 0 Å². The third-order valence-corrected chi connectivity index (χ3v) is 4.98. The first-order chi connectivity index (χ1) is 9.27. The van der Waals surface area contributed by atoms with E-state index in [1.54, 1.807) is 0 Å². The van der Waals surface area contributed by atoms with Crippen LogP contribution in [0.5, 0.6) is 0 Å². The average Bonchev–Trinajstić information content (AvgIpc) is 2.81. The van der Waals surface area contributed by atoms with Crippen LogP contribution in [0.15, 0.2) is 29.2 Å². The lowest BCUT2D eigenvalue weighted by Gasteiger charge is -2.13. The summed E-state index contributed by atoms with van der Waals surface area (Å²) >= 11 is 1.99. The van der Waals surface area contributed by atoms with Crippen molar-refractivity contribution in [3.8, 4) is 0 Å². The predicted octanol–water partition coefficient (Wildman–Crippen LogP) is 5.03. The van der Waals surface area contributed by atoms with Crippen LogP contribution in [0, 0.1) is 5.92 Å².